The summed E-state index contributed by atoms with van der Waals surface area (Å²) < 4.78 is 2.19. The van der Waals surface area contributed by atoms with Crippen LogP contribution in [0.4, 0.5) is 11.4 Å². The molecule has 1 nitrogen and oxygen atoms in total. The third-order valence-corrected chi connectivity index (χ3v) is 4.26. The van der Waals surface area contributed by atoms with Crippen LogP contribution in [0, 0.1) is 0 Å². The maximum atomic E-state index is 2.35. The van der Waals surface area contributed by atoms with Gasteiger partial charge in [-0.2, -0.15) is 0 Å². The Morgan fingerprint density at radius 2 is 1.06 bits per heavy atom. The highest BCUT2D eigenvalue weighted by atomic mass is 127. The van der Waals surface area contributed by atoms with Gasteiger partial charge in [0.15, 0.2) is 0 Å². The molecule has 0 aliphatic carbocycles. The van der Waals surface area contributed by atoms with E-state index < -0.39 is 0 Å². The smallest absolute Gasteiger partial charge is 0.0646 e. The summed E-state index contributed by atoms with van der Waals surface area (Å²) in [6.45, 7) is 4.36. The predicted molar refractivity (Wildman–Crippen MR) is 87.8 cm³/mol. The zero-order chi connectivity index (χ0) is 13.0. The maximum Gasteiger partial charge on any atom is 0.0646 e. The van der Waals surface area contributed by atoms with Crippen LogP contribution in [-0.4, -0.2) is 0 Å². The van der Waals surface area contributed by atoms with Crippen LogP contribution in [0.2, 0.25) is 0 Å². The second-order valence-electron chi connectivity index (χ2n) is 4.32. The fourth-order valence-electron chi connectivity index (χ4n) is 1.87. The molecular weight excluding hydrogens is 333 g/mol. The van der Waals surface area contributed by atoms with Gasteiger partial charge in [-0.25, -0.2) is 0 Å². The van der Waals surface area contributed by atoms with Crippen LogP contribution in [-0.2, 0) is 12.8 Å². The fraction of sp³-hybridized carbons (Fsp3) is 0.250. The van der Waals surface area contributed by atoms with E-state index in [1.165, 1.54) is 22.5 Å². The fourth-order valence-corrected chi connectivity index (χ4v) is 2.52. The van der Waals surface area contributed by atoms with Crippen molar-refractivity contribution in [3.8, 4) is 0 Å². The second kappa shape index (κ2) is 6.23. The first-order valence-corrected chi connectivity index (χ1v) is 7.35. The van der Waals surface area contributed by atoms with Gasteiger partial charge < -0.3 is 0 Å². The number of halogens is 1. The van der Waals surface area contributed by atoms with Gasteiger partial charge in [0.05, 0.1) is 34.2 Å². The number of nitrogens with zero attached hydrogens (tertiary/aromatic N) is 1. The van der Waals surface area contributed by atoms with Crippen LogP contribution < -0.4 is 3.11 Å². The van der Waals surface area contributed by atoms with Crippen molar-refractivity contribution in [1.29, 1.82) is 0 Å². The van der Waals surface area contributed by atoms with Gasteiger partial charge in [0.1, 0.15) is 0 Å². The molecule has 0 unspecified atom stereocenters. The minimum Gasteiger partial charge on any atom is -0.283 e. The van der Waals surface area contributed by atoms with E-state index >= 15 is 0 Å². The van der Waals surface area contributed by atoms with Crippen molar-refractivity contribution >= 4 is 34.2 Å². The highest BCUT2D eigenvalue weighted by Gasteiger charge is 2.05. The molecule has 2 aromatic carbocycles. The molecule has 0 saturated heterocycles. The van der Waals surface area contributed by atoms with Crippen molar-refractivity contribution in [2.24, 2.45) is 0 Å². The summed E-state index contributed by atoms with van der Waals surface area (Å²) in [5.74, 6) is 0. The van der Waals surface area contributed by atoms with Gasteiger partial charge in [-0.3, -0.25) is 3.11 Å². The summed E-state index contributed by atoms with van der Waals surface area (Å²) in [4.78, 5) is 0. The highest BCUT2D eigenvalue weighted by Crippen LogP contribution is 2.29. The van der Waals surface area contributed by atoms with Crippen LogP contribution >= 0.6 is 22.9 Å². The third kappa shape index (κ3) is 3.05. The number of hydrogen-bond acceptors (Lipinski definition) is 1. The molecule has 0 N–H and O–H groups in total. The summed E-state index contributed by atoms with van der Waals surface area (Å²) in [6, 6.07) is 17.5. The Morgan fingerprint density at radius 1 is 0.722 bits per heavy atom. The summed E-state index contributed by atoms with van der Waals surface area (Å²) in [5, 5.41) is 0. The molecule has 94 valence electrons. The Hall–Kier alpha value is -1.03. The summed E-state index contributed by atoms with van der Waals surface area (Å²) in [6.07, 6.45) is 2.18. The molecule has 2 heteroatoms. The third-order valence-electron chi connectivity index (χ3n) is 3.14. The minimum absolute atomic E-state index is 1.09. The number of rotatable bonds is 4. The van der Waals surface area contributed by atoms with Crippen molar-refractivity contribution in [1.82, 2.24) is 0 Å². The average molecular weight is 351 g/mol. The number of anilines is 2. The molecule has 18 heavy (non-hydrogen) atoms. The Labute approximate surface area is 123 Å². The van der Waals surface area contributed by atoms with E-state index in [1.54, 1.807) is 0 Å². The molecular formula is C16H18IN. The van der Waals surface area contributed by atoms with E-state index in [-0.39, 0.29) is 0 Å². The van der Waals surface area contributed by atoms with E-state index in [1.807, 2.05) is 0 Å². The molecule has 2 aromatic rings. The van der Waals surface area contributed by atoms with Gasteiger partial charge in [-0.1, -0.05) is 38.1 Å². The van der Waals surface area contributed by atoms with Crippen molar-refractivity contribution in [2.75, 3.05) is 3.11 Å². The van der Waals surface area contributed by atoms with E-state index in [0.717, 1.165) is 12.8 Å². The zero-order valence-corrected chi connectivity index (χ0v) is 13.0. The highest BCUT2D eigenvalue weighted by molar-refractivity contribution is 14.1. The van der Waals surface area contributed by atoms with Gasteiger partial charge >= 0.3 is 0 Å². The van der Waals surface area contributed by atoms with Gasteiger partial charge in [0.25, 0.3) is 0 Å². The molecule has 0 heterocycles. The molecule has 0 atom stereocenters. The number of aryl methyl sites for hydroxylation is 2. The molecule has 0 aliphatic rings. The molecule has 0 spiro atoms. The van der Waals surface area contributed by atoms with Crippen LogP contribution in [0.3, 0.4) is 0 Å². The molecule has 2 rings (SSSR count). The first-order valence-electron chi connectivity index (χ1n) is 6.38. The Kier molecular flexibility index (Phi) is 4.64. The van der Waals surface area contributed by atoms with E-state index in [9.17, 15) is 0 Å². The van der Waals surface area contributed by atoms with Crippen molar-refractivity contribution in [2.45, 2.75) is 26.7 Å². The first kappa shape index (κ1) is 13.4. The second-order valence-corrected chi connectivity index (χ2v) is 5.29. The summed E-state index contributed by atoms with van der Waals surface area (Å²) in [7, 11) is 0. The van der Waals surface area contributed by atoms with Crippen molar-refractivity contribution in [3.05, 3.63) is 59.7 Å². The topological polar surface area (TPSA) is 3.24 Å². The lowest BCUT2D eigenvalue weighted by molar-refractivity contribution is 1.14. The normalized spacial score (nSPS) is 10.4. The van der Waals surface area contributed by atoms with Gasteiger partial charge in [0, 0.05) is 0 Å². The SMILES string of the molecule is CCc1ccc(N(I)c2ccc(CC)cc2)cc1. The van der Waals surface area contributed by atoms with E-state index in [4.69, 9.17) is 0 Å². The zero-order valence-electron chi connectivity index (χ0n) is 10.9. The average Bonchev–Trinajstić information content (AvgIpc) is 2.47. The van der Waals surface area contributed by atoms with Crippen molar-refractivity contribution < 1.29 is 0 Å². The molecule has 0 fully saturated rings. The van der Waals surface area contributed by atoms with Gasteiger partial charge in [0.2, 0.25) is 0 Å². The number of hydrogen-bond donors (Lipinski definition) is 0. The standard InChI is InChI=1S/C16H18IN/c1-3-13-5-9-15(10-6-13)18(17)16-11-7-14(4-2)8-12-16/h5-12H,3-4H2,1-2H3. The van der Waals surface area contributed by atoms with Crippen LogP contribution in [0.5, 0.6) is 0 Å². The number of benzene rings is 2. The molecule has 0 aromatic heterocycles. The van der Waals surface area contributed by atoms with Crippen LogP contribution in [0.1, 0.15) is 25.0 Å². The van der Waals surface area contributed by atoms with Crippen LogP contribution in [0.15, 0.2) is 48.5 Å². The van der Waals surface area contributed by atoms with Gasteiger partial charge in [-0.05, 0) is 48.2 Å². The summed E-state index contributed by atoms with van der Waals surface area (Å²) >= 11 is 2.35. The quantitative estimate of drug-likeness (QED) is 0.534. The molecule has 0 amide bonds. The Morgan fingerprint density at radius 3 is 1.33 bits per heavy atom. The first-order chi connectivity index (χ1) is 8.74. The minimum atomic E-state index is 1.09. The van der Waals surface area contributed by atoms with Gasteiger partial charge in [-0.15, -0.1) is 0 Å². The Balaban J connectivity index is 2.20. The Bertz CT molecular complexity index is 440. The molecule has 0 radical (unpaired) electrons. The van der Waals surface area contributed by atoms with E-state index in [2.05, 4.69) is 88.4 Å². The molecule has 0 saturated carbocycles. The molecule has 0 bridgehead atoms. The van der Waals surface area contributed by atoms with E-state index in [0.29, 0.717) is 0 Å². The lowest BCUT2D eigenvalue weighted by Crippen LogP contribution is -2.00. The summed E-state index contributed by atoms with van der Waals surface area (Å²) in [5.41, 5.74) is 5.20. The maximum absolute atomic E-state index is 2.35. The lowest BCUT2D eigenvalue weighted by Gasteiger charge is -2.17. The van der Waals surface area contributed by atoms with Crippen LogP contribution in [0.25, 0.3) is 0 Å². The largest absolute Gasteiger partial charge is 0.283 e. The molecule has 0 aliphatic heterocycles. The monoisotopic (exact) mass is 351 g/mol. The predicted octanol–water partition coefficient (Wildman–Crippen LogP) is 5.30. The lowest BCUT2D eigenvalue weighted by atomic mass is 10.1. The van der Waals surface area contributed by atoms with Crippen molar-refractivity contribution in [3.63, 3.8) is 0 Å².